The first-order valence-corrected chi connectivity index (χ1v) is 9.19. The number of piperidine rings is 1. The van der Waals surface area contributed by atoms with Crippen LogP contribution >= 0.6 is 11.3 Å². The number of fused-ring (bicyclic) bond motifs is 1. The number of nitrogens with one attached hydrogen (secondary N) is 1. The molecule has 0 unspecified atom stereocenters. The first-order chi connectivity index (χ1) is 11.4. The molecule has 0 aromatic carbocycles. The van der Waals surface area contributed by atoms with Gasteiger partial charge in [0.05, 0.1) is 12.7 Å². The minimum absolute atomic E-state index is 0.258. The molecular formula is C17H22N4OS. The van der Waals surface area contributed by atoms with Crippen molar-refractivity contribution in [2.45, 2.75) is 19.1 Å². The Bertz CT molecular complexity index is 606. The largest absolute Gasteiger partial charge is 0.376 e. The molecule has 5 nitrogen and oxygen atoms in total. The molecule has 0 spiro atoms. The third-order valence-corrected chi connectivity index (χ3v) is 5.64. The van der Waals surface area contributed by atoms with Crippen LogP contribution in [0, 0.1) is 11.8 Å². The van der Waals surface area contributed by atoms with E-state index < -0.39 is 0 Å². The van der Waals surface area contributed by atoms with Crippen LogP contribution in [0.3, 0.4) is 0 Å². The summed E-state index contributed by atoms with van der Waals surface area (Å²) in [5, 5.41) is 7.73. The van der Waals surface area contributed by atoms with Crippen LogP contribution in [-0.2, 0) is 11.3 Å². The van der Waals surface area contributed by atoms with Gasteiger partial charge in [-0.15, -0.1) is 0 Å². The number of nitrogens with zero attached hydrogens (tertiary/aromatic N) is 3. The Kier molecular flexibility index (Phi) is 4.55. The van der Waals surface area contributed by atoms with E-state index in [9.17, 15) is 0 Å². The van der Waals surface area contributed by atoms with E-state index in [1.54, 1.807) is 23.7 Å². The SMILES string of the molecule is c1cnc(NC[C@H]2OC[C@@H]3CCN(Cc4ccsc4)C[C@@H]32)nc1. The fourth-order valence-electron chi connectivity index (χ4n) is 3.68. The van der Waals surface area contributed by atoms with Gasteiger partial charge in [-0.1, -0.05) is 0 Å². The van der Waals surface area contributed by atoms with Gasteiger partial charge in [-0.05, 0) is 47.3 Å². The Morgan fingerprint density at radius 1 is 1.35 bits per heavy atom. The lowest BCUT2D eigenvalue weighted by molar-refractivity contribution is 0.0831. The molecule has 0 radical (unpaired) electrons. The van der Waals surface area contributed by atoms with Gasteiger partial charge < -0.3 is 10.1 Å². The molecule has 2 aliphatic heterocycles. The van der Waals surface area contributed by atoms with Crippen molar-refractivity contribution in [2.75, 3.05) is 31.6 Å². The minimum Gasteiger partial charge on any atom is -0.376 e. The molecule has 2 fully saturated rings. The summed E-state index contributed by atoms with van der Waals surface area (Å²) in [6.07, 6.45) is 5.02. The maximum atomic E-state index is 6.06. The first kappa shape index (κ1) is 15.1. The number of rotatable bonds is 5. The van der Waals surface area contributed by atoms with Crippen LogP contribution in [0.15, 0.2) is 35.3 Å². The van der Waals surface area contributed by atoms with Crippen LogP contribution in [0.4, 0.5) is 5.95 Å². The molecule has 0 aliphatic carbocycles. The smallest absolute Gasteiger partial charge is 0.222 e. The van der Waals surface area contributed by atoms with E-state index in [4.69, 9.17) is 4.74 Å². The van der Waals surface area contributed by atoms with Gasteiger partial charge in [-0.3, -0.25) is 4.90 Å². The Morgan fingerprint density at radius 2 is 2.26 bits per heavy atom. The van der Waals surface area contributed by atoms with Gasteiger partial charge in [0, 0.05) is 37.9 Å². The number of hydrogen-bond donors (Lipinski definition) is 1. The van der Waals surface area contributed by atoms with Crippen molar-refractivity contribution in [3.05, 3.63) is 40.8 Å². The summed E-state index contributed by atoms with van der Waals surface area (Å²) in [4.78, 5) is 11.0. The highest BCUT2D eigenvalue weighted by atomic mass is 32.1. The number of thiophene rings is 1. The monoisotopic (exact) mass is 330 g/mol. The lowest BCUT2D eigenvalue weighted by Gasteiger charge is -2.36. The van der Waals surface area contributed by atoms with E-state index in [0.717, 1.165) is 26.2 Å². The normalized spacial score (nSPS) is 27.7. The second-order valence-corrected chi connectivity index (χ2v) is 7.18. The molecule has 2 aromatic heterocycles. The summed E-state index contributed by atoms with van der Waals surface area (Å²) >= 11 is 1.78. The maximum Gasteiger partial charge on any atom is 0.222 e. The van der Waals surface area contributed by atoms with Gasteiger partial charge in [0.15, 0.2) is 0 Å². The predicted octanol–water partition coefficient (Wildman–Crippen LogP) is 2.49. The van der Waals surface area contributed by atoms with Crippen molar-refractivity contribution in [3.8, 4) is 0 Å². The van der Waals surface area contributed by atoms with Gasteiger partial charge in [0.1, 0.15) is 0 Å². The fraction of sp³-hybridized carbons (Fsp3) is 0.529. The molecule has 4 heterocycles. The third-order valence-electron chi connectivity index (χ3n) is 4.91. The Labute approximate surface area is 140 Å². The molecule has 2 aliphatic rings. The summed E-state index contributed by atoms with van der Waals surface area (Å²) in [6, 6.07) is 4.06. The zero-order valence-electron chi connectivity index (χ0n) is 13.1. The first-order valence-electron chi connectivity index (χ1n) is 8.24. The number of ether oxygens (including phenoxy) is 1. The standard InChI is InChI=1S/C17H22N4OS/c1-4-18-17(19-5-1)20-8-16-15-10-21(6-2-14(15)11-22-16)9-13-3-7-23-12-13/h1,3-5,7,12,14-16H,2,6,8-11H2,(H,18,19,20)/t14-,15-,16+/m0/s1. The average Bonchev–Trinajstić information content (AvgIpc) is 3.23. The number of hydrogen-bond acceptors (Lipinski definition) is 6. The van der Waals surface area contributed by atoms with Crippen LogP contribution in [0.1, 0.15) is 12.0 Å². The minimum atomic E-state index is 0.258. The maximum absolute atomic E-state index is 6.06. The highest BCUT2D eigenvalue weighted by Gasteiger charge is 2.40. The van der Waals surface area contributed by atoms with E-state index in [-0.39, 0.29) is 6.10 Å². The lowest BCUT2D eigenvalue weighted by atomic mass is 9.84. The summed E-state index contributed by atoms with van der Waals surface area (Å²) in [5.74, 6) is 2.00. The van der Waals surface area contributed by atoms with Gasteiger partial charge in [-0.2, -0.15) is 11.3 Å². The van der Waals surface area contributed by atoms with E-state index in [1.165, 1.54) is 18.5 Å². The van der Waals surface area contributed by atoms with Gasteiger partial charge in [0.25, 0.3) is 0 Å². The zero-order chi connectivity index (χ0) is 15.5. The predicted molar refractivity (Wildman–Crippen MR) is 91.5 cm³/mol. The zero-order valence-corrected chi connectivity index (χ0v) is 13.9. The molecule has 1 N–H and O–H groups in total. The molecular weight excluding hydrogens is 308 g/mol. The summed E-state index contributed by atoms with van der Waals surface area (Å²) < 4.78 is 6.06. The number of likely N-dealkylation sites (tertiary alicyclic amines) is 1. The van der Waals surface area contributed by atoms with Crippen molar-refractivity contribution >= 4 is 17.3 Å². The van der Waals surface area contributed by atoms with Crippen LogP contribution in [-0.4, -0.2) is 47.2 Å². The lowest BCUT2D eigenvalue weighted by Crippen LogP contribution is -2.43. The Balaban J connectivity index is 1.34. The van der Waals surface area contributed by atoms with Crippen LogP contribution in [0.2, 0.25) is 0 Å². The molecule has 0 amide bonds. The van der Waals surface area contributed by atoms with E-state index in [0.29, 0.717) is 17.8 Å². The number of anilines is 1. The van der Waals surface area contributed by atoms with Crippen LogP contribution < -0.4 is 5.32 Å². The Hall–Kier alpha value is -1.50. The highest BCUT2D eigenvalue weighted by molar-refractivity contribution is 7.07. The van der Waals surface area contributed by atoms with Crippen molar-refractivity contribution < 1.29 is 4.74 Å². The fourth-order valence-corrected chi connectivity index (χ4v) is 4.34. The summed E-state index contributed by atoms with van der Waals surface area (Å²) in [6.45, 7) is 5.07. The van der Waals surface area contributed by atoms with Crippen molar-refractivity contribution in [1.29, 1.82) is 0 Å². The molecule has 0 bridgehead atoms. The molecule has 2 aromatic rings. The van der Waals surface area contributed by atoms with Gasteiger partial charge >= 0.3 is 0 Å². The van der Waals surface area contributed by atoms with Gasteiger partial charge in [0.2, 0.25) is 5.95 Å². The quantitative estimate of drug-likeness (QED) is 0.913. The Morgan fingerprint density at radius 3 is 3.09 bits per heavy atom. The van der Waals surface area contributed by atoms with Crippen molar-refractivity contribution in [2.24, 2.45) is 11.8 Å². The highest BCUT2D eigenvalue weighted by Crippen LogP contribution is 2.34. The van der Waals surface area contributed by atoms with E-state index in [1.807, 2.05) is 6.07 Å². The molecule has 3 atom stereocenters. The van der Waals surface area contributed by atoms with Gasteiger partial charge in [-0.25, -0.2) is 9.97 Å². The van der Waals surface area contributed by atoms with Crippen LogP contribution in [0.5, 0.6) is 0 Å². The van der Waals surface area contributed by atoms with Crippen molar-refractivity contribution in [1.82, 2.24) is 14.9 Å². The van der Waals surface area contributed by atoms with E-state index >= 15 is 0 Å². The second-order valence-electron chi connectivity index (χ2n) is 6.40. The topological polar surface area (TPSA) is 50.3 Å². The average molecular weight is 330 g/mol. The third kappa shape index (κ3) is 3.54. The molecule has 0 saturated carbocycles. The second kappa shape index (κ2) is 6.95. The van der Waals surface area contributed by atoms with Crippen molar-refractivity contribution in [3.63, 3.8) is 0 Å². The number of aromatic nitrogens is 2. The molecule has 23 heavy (non-hydrogen) atoms. The molecule has 6 heteroatoms. The summed E-state index contributed by atoms with van der Waals surface area (Å²) in [7, 11) is 0. The molecule has 2 saturated heterocycles. The molecule has 4 rings (SSSR count). The van der Waals surface area contributed by atoms with E-state index in [2.05, 4.69) is 37.0 Å². The van der Waals surface area contributed by atoms with Crippen LogP contribution in [0.25, 0.3) is 0 Å². The summed E-state index contributed by atoms with van der Waals surface area (Å²) in [5.41, 5.74) is 1.43. The molecule has 122 valence electrons.